The van der Waals surface area contributed by atoms with E-state index in [0.717, 1.165) is 0 Å². The normalized spacial score (nSPS) is 22.7. The van der Waals surface area contributed by atoms with Gasteiger partial charge < -0.3 is 9.64 Å². The SMILES string of the molecule is C[C@@H]1CN(C(=O)Cn2nc3ccccn3c2=O)[C@H](C)CO1. The van der Waals surface area contributed by atoms with Crippen LogP contribution in [0.2, 0.25) is 0 Å². The fourth-order valence-corrected chi connectivity index (χ4v) is 2.54. The highest BCUT2D eigenvalue weighted by Gasteiger charge is 2.28. The summed E-state index contributed by atoms with van der Waals surface area (Å²) in [5.41, 5.74) is 0.242. The van der Waals surface area contributed by atoms with Crippen molar-refractivity contribution < 1.29 is 9.53 Å². The number of hydrogen-bond acceptors (Lipinski definition) is 4. The maximum absolute atomic E-state index is 12.4. The second-order valence-corrected chi connectivity index (χ2v) is 5.41. The zero-order valence-corrected chi connectivity index (χ0v) is 12.1. The van der Waals surface area contributed by atoms with Gasteiger partial charge in [-0.15, -0.1) is 5.10 Å². The first-order valence-corrected chi connectivity index (χ1v) is 7.01. The third kappa shape index (κ3) is 2.56. The average Bonchev–Trinajstić information content (AvgIpc) is 2.78. The van der Waals surface area contributed by atoms with E-state index in [9.17, 15) is 9.59 Å². The molecular weight excluding hydrogens is 272 g/mol. The summed E-state index contributed by atoms with van der Waals surface area (Å²) in [6, 6.07) is 5.32. The molecule has 0 bridgehead atoms. The Bertz CT molecular complexity index is 720. The predicted molar refractivity (Wildman–Crippen MR) is 76.0 cm³/mol. The molecule has 0 N–H and O–H groups in total. The Hall–Kier alpha value is -2.15. The molecule has 0 aromatic carbocycles. The number of fused-ring (bicyclic) bond motifs is 1. The molecule has 2 aromatic heterocycles. The maximum atomic E-state index is 12.4. The van der Waals surface area contributed by atoms with Crippen LogP contribution >= 0.6 is 0 Å². The van der Waals surface area contributed by atoms with Gasteiger partial charge in [0.25, 0.3) is 0 Å². The Labute approximate surface area is 121 Å². The first kappa shape index (κ1) is 13.8. The Morgan fingerprint density at radius 3 is 3.00 bits per heavy atom. The van der Waals surface area contributed by atoms with Crippen molar-refractivity contribution in [2.45, 2.75) is 32.5 Å². The molecular formula is C14H18N4O3. The van der Waals surface area contributed by atoms with E-state index in [1.807, 2.05) is 13.8 Å². The van der Waals surface area contributed by atoms with Crippen LogP contribution < -0.4 is 5.69 Å². The molecule has 2 aromatic rings. The van der Waals surface area contributed by atoms with Gasteiger partial charge in [0.1, 0.15) is 6.54 Å². The first-order valence-electron chi connectivity index (χ1n) is 7.01. The number of aromatic nitrogens is 3. The molecule has 1 aliphatic heterocycles. The predicted octanol–water partition coefficient (Wildman–Crippen LogP) is 0.132. The van der Waals surface area contributed by atoms with Gasteiger partial charge in [-0.3, -0.25) is 9.20 Å². The molecule has 1 aliphatic rings. The topological polar surface area (TPSA) is 68.8 Å². The van der Waals surface area contributed by atoms with Gasteiger partial charge >= 0.3 is 5.69 Å². The molecule has 0 saturated carbocycles. The van der Waals surface area contributed by atoms with Gasteiger partial charge in [-0.1, -0.05) is 6.07 Å². The van der Waals surface area contributed by atoms with E-state index in [1.165, 1.54) is 9.08 Å². The van der Waals surface area contributed by atoms with Crippen molar-refractivity contribution in [1.82, 2.24) is 19.1 Å². The zero-order chi connectivity index (χ0) is 15.0. The fraction of sp³-hybridized carbons (Fsp3) is 0.500. The van der Waals surface area contributed by atoms with E-state index in [0.29, 0.717) is 18.8 Å². The van der Waals surface area contributed by atoms with E-state index in [-0.39, 0.29) is 30.3 Å². The average molecular weight is 290 g/mol. The molecule has 0 spiro atoms. The minimum atomic E-state index is -0.298. The lowest BCUT2D eigenvalue weighted by Gasteiger charge is -2.36. The van der Waals surface area contributed by atoms with Gasteiger partial charge in [-0.25, -0.2) is 9.48 Å². The summed E-state index contributed by atoms with van der Waals surface area (Å²) in [5, 5.41) is 4.18. The third-order valence-electron chi connectivity index (χ3n) is 3.70. The number of amides is 1. The monoisotopic (exact) mass is 290 g/mol. The first-order chi connectivity index (χ1) is 10.1. The van der Waals surface area contributed by atoms with Gasteiger partial charge in [0, 0.05) is 12.7 Å². The molecule has 0 radical (unpaired) electrons. The van der Waals surface area contributed by atoms with Gasteiger partial charge in [-0.2, -0.15) is 0 Å². The number of hydrogen-bond donors (Lipinski definition) is 0. The van der Waals surface area contributed by atoms with Crippen molar-refractivity contribution in [2.75, 3.05) is 13.2 Å². The van der Waals surface area contributed by atoms with Crippen molar-refractivity contribution in [3.8, 4) is 0 Å². The van der Waals surface area contributed by atoms with E-state index < -0.39 is 0 Å². The molecule has 3 heterocycles. The Balaban J connectivity index is 1.83. The van der Waals surface area contributed by atoms with Crippen LogP contribution in [-0.2, 0) is 16.1 Å². The quantitative estimate of drug-likeness (QED) is 0.788. The molecule has 7 nitrogen and oxygen atoms in total. The number of rotatable bonds is 2. The number of carbonyl (C=O) groups is 1. The molecule has 0 unspecified atom stereocenters. The largest absolute Gasteiger partial charge is 0.375 e. The zero-order valence-electron chi connectivity index (χ0n) is 12.1. The highest BCUT2D eigenvalue weighted by molar-refractivity contribution is 5.76. The maximum Gasteiger partial charge on any atom is 0.350 e. The van der Waals surface area contributed by atoms with Crippen LogP contribution in [0.4, 0.5) is 0 Å². The standard InChI is InChI=1S/C14H18N4O3/c1-10-9-21-11(2)7-17(10)13(19)8-18-14(20)16-6-4-3-5-12(16)15-18/h3-6,10-11H,7-9H2,1-2H3/t10-,11-/m1/s1. The van der Waals surface area contributed by atoms with Crippen LogP contribution in [0.25, 0.3) is 5.65 Å². The van der Waals surface area contributed by atoms with E-state index in [2.05, 4.69) is 5.10 Å². The molecule has 1 amide bonds. The van der Waals surface area contributed by atoms with Crippen molar-refractivity contribution in [3.05, 3.63) is 34.9 Å². The molecule has 1 saturated heterocycles. The molecule has 21 heavy (non-hydrogen) atoms. The number of morpholine rings is 1. The lowest BCUT2D eigenvalue weighted by atomic mass is 10.2. The molecule has 112 valence electrons. The molecule has 2 atom stereocenters. The number of ether oxygens (including phenoxy) is 1. The number of carbonyl (C=O) groups excluding carboxylic acids is 1. The van der Waals surface area contributed by atoms with Crippen molar-refractivity contribution in [1.29, 1.82) is 0 Å². The van der Waals surface area contributed by atoms with E-state index in [4.69, 9.17) is 4.74 Å². The molecule has 7 heteroatoms. The Morgan fingerprint density at radius 1 is 1.43 bits per heavy atom. The van der Waals surface area contributed by atoms with E-state index >= 15 is 0 Å². The highest BCUT2D eigenvalue weighted by Crippen LogP contribution is 2.11. The van der Waals surface area contributed by atoms with Gasteiger partial charge in [0.05, 0.1) is 18.8 Å². The van der Waals surface area contributed by atoms with Gasteiger partial charge in [0.15, 0.2) is 5.65 Å². The summed E-state index contributed by atoms with van der Waals surface area (Å²) in [6.45, 7) is 4.89. The van der Waals surface area contributed by atoms with Crippen LogP contribution in [0.3, 0.4) is 0 Å². The summed E-state index contributed by atoms with van der Waals surface area (Å²) in [7, 11) is 0. The summed E-state index contributed by atoms with van der Waals surface area (Å²) in [4.78, 5) is 26.3. The minimum Gasteiger partial charge on any atom is -0.375 e. The summed E-state index contributed by atoms with van der Waals surface area (Å²) >= 11 is 0. The lowest BCUT2D eigenvalue weighted by Crippen LogP contribution is -2.51. The smallest absolute Gasteiger partial charge is 0.350 e. The van der Waals surface area contributed by atoms with Crippen LogP contribution in [0.15, 0.2) is 29.2 Å². The van der Waals surface area contributed by atoms with Crippen molar-refractivity contribution in [2.24, 2.45) is 0 Å². The van der Waals surface area contributed by atoms with Crippen molar-refractivity contribution in [3.63, 3.8) is 0 Å². The van der Waals surface area contributed by atoms with Crippen LogP contribution in [0.1, 0.15) is 13.8 Å². The van der Waals surface area contributed by atoms with Crippen LogP contribution in [-0.4, -0.2) is 50.3 Å². The van der Waals surface area contributed by atoms with E-state index in [1.54, 1.807) is 29.3 Å². The molecule has 0 aliphatic carbocycles. The van der Waals surface area contributed by atoms with Crippen molar-refractivity contribution >= 4 is 11.6 Å². The van der Waals surface area contributed by atoms with Gasteiger partial charge in [0.2, 0.25) is 5.91 Å². The second kappa shape index (κ2) is 5.33. The number of nitrogens with zero attached hydrogens (tertiary/aromatic N) is 4. The Kier molecular flexibility index (Phi) is 3.50. The van der Waals surface area contributed by atoms with Crippen LogP contribution in [0, 0.1) is 0 Å². The highest BCUT2D eigenvalue weighted by atomic mass is 16.5. The molecule has 3 rings (SSSR count). The van der Waals surface area contributed by atoms with Crippen LogP contribution in [0.5, 0.6) is 0 Å². The minimum absolute atomic E-state index is 0.0152. The summed E-state index contributed by atoms with van der Waals surface area (Å²) in [6.07, 6.45) is 1.66. The molecule has 1 fully saturated rings. The Morgan fingerprint density at radius 2 is 2.24 bits per heavy atom. The number of pyridine rings is 1. The lowest BCUT2D eigenvalue weighted by molar-refractivity contribution is -0.144. The summed E-state index contributed by atoms with van der Waals surface area (Å²) < 4.78 is 8.15. The van der Waals surface area contributed by atoms with Gasteiger partial charge in [-0.05, 0) is 26.0 Å². The second-order valence-electron chi connectivity index (χ2n) is 5.41. The summed E-state index contributed by atoms with van der Waals surface area (Å²) in [5.74, 6) is -0.108. The third-order valence-corrected chi connectivity index (χ3v) is 3.70. The fourth-order valence-electron chi connectivity index (χ4n) is 2.54.